The first-order valence-electron chi connectivity index (χ1n) is 7.71. The lowest BCUT2D eigenvalue weighted by Crippen LogP contribution is -2.14. The van der Waals surface area contributed by atoms with Crippen LogP contribution in [0, 0.1) is 6.92 Å². The molecular weight excluding hydrogens is 324 g/mol. The zero-order valence-corrected chi connectivity index (χ0v) is 14.6. The molecule has 6 nitrogen and oxygen atoms in total. The van der Waals surface area contributed by atoms with Gasteiger partial charge >= 0.3 is 11.9 Å². The molecule has 1 N–H and O–H groups in total. The molecule has 2 rings (SSSR count). The second-order valence-corrected chi connectivity index (χ2v) is 5.28. The fourth-order valence-corrected chi connectivity index (χ4v) is 2.60. The zero-order chi connectivity index (χ0) is 18.6. The van der Waals surface area contributed by atoms with Crippen molar-refractivity contribution in [3.8, 4) is 22.6 Å². The maximum Gasteiger partial charge on any atom is 0.342 e. The maximum absolute atomic E-state index is 12.2. The van der Waals surface area contributed by atoms with E-state index in [0.717, 1.165) is 0 Å². The fourth-order valence-electron chi connectivity index (χ4n) is 2.60. The summed E-state index contributed by atoms with van der Waals surface area (Å²) in [5.74, 6) is -1.16. The first kappa shape index (κ1) is 18.3. The number of carbonyl (C=O) groups excluding carboxylic acids is 2. The third-order valence-corrected chi connectivity index (χ3v) is 3.76. The summed E-state index contributed by atoms with van der Waals surface area (Å²) in [6.45, 7) is 3.55. The Hall–Kier alpha value is -3.02. The van der Waals surface area contributed by atoms with Gasteiger partial charge in [0.2, 0.25) is 0 Å². The predicted octanol–water partition coefficient (Wildman–Crippen LogP) is 3.34. The van der Waals surface area contributed by atoms with Crippen LogP contribution in [0.2, 0.25) is 0 Å². The van der Waals surface area contributed by atoms with Gasteiger partial charge in [0.05, 0.1) is 26.4 Å². The summed E-state index contributed by atoms with van der Waals surface area (Å²) in [6.07, 6.45) is 0. The number of aromatic hydroxyl groups is 1. The molecule has 0 spiro atoms. The number of aryl methyl sites for hydroxylation is 1. The zero-order valence-electron chi connectivity index (χ0n) is 14.6. The largest absolute Gasteiger partial charge is 0.506 e. The van der Waals surface area contributed by atoms with Crippen LogP contribution >= 0.6 is 0 Å². The van der Waals surface area contributed by atoms with Gasteiger partial charge in [0.1, 0.15) is 17.1 Å². The first-order valence-corrected chi connectivity index (χ1v) is 7.71. The Morgan fingerprint density at radius 2 is 1.72 bits per heavy atom. The van der Waals surface area contributed by atoms with Crippen LogP contribution in [0.1, 0.15) is 33.2 Å². The summed E-state index contributed by atoms with van der Waals surface area (Å²) in [7, 11) is 2.74. The lowest BCUT2D eigenvalue weighted by molar-refractivity contribution is 0.0502. The van der Waals surface area contributed by atoms with Crippen LogP contribution in [0.3, 0.4) is 0 Å². The Morgan fingerprint density at radius 1 is 1.08 bits per heavy atom. The minimum atomic E-state index is -0.810. The number of phenolic OH excluding ortho intramolecular Hbond substituents is 1. The van der Waals surface area contributed by atoms with E-state index in [1.54, 1.807) is 45.2 Å². The molecule has 132 valence electrons. The molecule has 0 radical (unpaired) electrons. The number of rotatable bonds is 5. The normalized spacial score (nSPS) is 10.2. The van der Waals surface area contributed by atoms with Crippen LogP contribution in [0.5, 0.6) is 11.5 Å². The van der Waals surface area contributed by atoms with E-state index < -0.39 is 11.9 Å². The predicted molar refractivity (Wildman–Crippen MR) is 92.1 cm³/mol. The summed E-state index contributed by atoms with van der Waals surface area (Å²) < 4.78 is 14.8. The summed E-state index contributed by atoms with van der Waals surface area (Å²) in [5.41, 5.74) is 1.50. The van der Waals surface area contributed by atoms with E-state index in [1.807, 2.05) is 0 Å². The Kier molecular flexibility index (Phi) is 5.64. The standard InChI is InChI=1S/C19H20O6/c1-5-25-18(21)14-10-11(2)15(17(20)16(14)19(22)24-4)12-6-8-13(23-3)9-7-12/h6-10,20H,5H2,1-4H3. The van der Waals surface area contributed by atoms with Gasteiger partial charge in [-0.2, -0.15) is 0 Å². The quantitative estimate of drug-likeness (QED) is 0.838. The average molecular weight is 344 g/mol. The van der Waals surface area contributed by atoms with Gasteiger partial charge < -0.3 is 19.3 Å². The van der Waals surface area contributed by atoms with Gasteiger partial charge in [0.15, 0.2) is 0 Å². The minimum absolute atomic E-state index is 0.0269. The van der Waals surface area contributed by atoms with E-state index in [4.69, 9.17) is 14.2 Å². The van der Waals surface area contributed by atoms with Crippen LogP contribution in [0.15, 0.2) is 30.3 Å². The Balaban J connectivity index is 2.69. The highest BCUT2D eigenvalue weighted by Gasteiger charge is 2.27. The van der Waals surface area contributed by atoms with E-state index >= 15 is 0 Å². The number of esters is 2. The third-order valence-electron chi connectivity index (χ3n) is 3.76. The van der Waals surface area contributed by atoms with Gasteiger partial charge in [-0.05, 0) is 43.2 Å². The summed E-state index contributed by atoms with van der Waals surface area (Å²) in [5, 5.41) is 10.7. The van der Waals surface area contributed by atoms with Crippen molar-refractivity contribution in [3.05, 3.63) is 47.0 Å². The molecule has 0 saturated carbocycles. The van der Waals surface area contributed by atoms with Gasteiger partial charge in [-0.3, -0.25) is 0 Å². The number of ether oxygens (including phenoxy) is 3. The molecule has 0 saturated heterocycles. The molecule has 6 heteroatoms. The SMILES string of the molecule is CCOC(=O)c1cc(C)c(-c2ccc(OC)cc2)c(O)c1C(=O)OC. The minimum Gasteiger partial charge on any atom is -0.506 e. The highest BCUT2D eigenvalue weighted by Crippen LogP contribution is 2.38. The molecule has 0 aliphatic heterocycles. The van der Waals surface area contributed by atoms with Crippen molar-refractivity contribution in [1.29, 1.82) is 0 Å². The Bertz CT molecular complexity index is 793. The van der Waals surface area contributed by atoms with Crippen molar-refractivity contribution < 1.29 is 28.9 Å². The number of carbonyl (C=O) groups is 2. The Labute approximate surface area is 146 Å². The van der Waals surface area contributed by atoms with E-state index in [9.17, 15) is 14.7 Å². The van der Waals surface area contributed by atoms with Gasteiger partial charge in [-0.1, -0.05) is 12.1 Å². The fraction of sp³-hybridized carbons (Fsp3) is 0.263. The molecule has 0 aromatic heterocycles. The molecule has 0 unspecified atom stereocenters. The van der Waals surface area contributed by atoms with Crippen LogP contribution in [-0.2, 0) is 9.47 Å². The van der Waals surface area contributed by atoms with Crippen LogP contribution < -0.4 is 4.74 Å². The van der Waals surface area contributed by atoms with Crippen molar-refractivity contribution in [1.82, 2.24) is 0 Å². The van der Waals surface area contributed by atoms with Crippen molar-refractivity contribution in [3.63, 3.8) is 0 Å². The molecule has 25 heavy (non-hydrogen) atoms. The molecule has 0 aliphatic carbocycles. The van der Waals surface area contributed by atoms with E-state index in [1.165, 1.54) is 13.2 Å². The van der Waals surface area contributed by atoms with E-state index in [2.05, 4.69) is 0 Å². The third kappa shape index (κ3) is 3.57. The molecule has 0 amide bonds. The molecule has 2 aromatic rings. The number of methoxy groups -OCH3 is 2. The van der Waals surface area contributed by atoms with E-state index in [-0.39, 0.29) is 23.5 Å². The summed E-state index contributed by atoms with van der Waals surface area (Å²) in [6, 6.07) is 8.51. The van der Waals surface area contributed by atoms with Gasteiger partial charge in [0.25, 0.3) is 0 Å². The van der Waals surface area contributed by atoms with Crippen molar-refractivity contribution in [2.45, 2.75) is 13.8 Å². The second kappa shape index (κ2) is 7.70. The first-order chi connectivity index (χ1) is 11.9. The monoisotopic (exact) mass is 344 g/mol. The summed E-state index contributed by atoms with van der Waals surface area (Å²) in [4.78, 5) is 24.3. The number of hydrogen-bond donors (Lipinski definition) is 1. The van der Waals surface area contributed by atoms with Gasteiger partial charge in [0, 0.05) is 5.56 Å². The highest BCUT2D eigenvalue weighted by atomic mass is 16.5. The van der Waals surface area contributed by atoms with Gasteiger partial charge in [-0.25, -0.2) is 9.59 Å². The van der Waals surface area contributed by atoms with Crippen LogP contribution in [-0.4, -0.2) is 37.9 Å². The molecule has 0 heterocycles. The topological polar surface area (TPSA) is 82.1 Å². The number of hydrogen-bond acceptors (Lipinski definition) is 6. The average Bonchev–Trinajstić information content (AvgIpc) is 2.61. The van der Waals surface area contributed by atoms with Crippen molar-refractivity contribution >= 4 is 11.9 Å². The molecule has 2 aromatic carbocycles. The van der Waals surface area contributed by atoms with E-state index in [0.29, 0.717) is 22.4 Å². The molecule has 0 fully saturated rings. The number of benzene rings is 2. The highest BCUT2D eigenvalue weighted by molar-refractivity contribution is 6.07. The van der Waals surface area contributed by atoms with Crippen molar-refractivity contribution in [2.75, 3.05) is 20.8 Å². The molecule has 0 bridgehead atoms. The maximum atomic E-state index is 12.2. The number of phenols is 1. The smallest absolute Gasteiger partial charge is 0.342 e. The van der Waals surface area contributed by atoms with Gasteiger partial charge in [-0.15, -0.1) is 0 Å². The molecule has 0 atom stereocenters. The second-order valence-electron chi connectivity index (χ2n) is 5.28. The molecular formula is C19H20O6. The lowest BCUT2D eigenvalue weighted by Gasteiger charge is -2.16. The Morgan fingerprint density at radius 3 is 2.24 bits per heavy atom. The lowest BCUT2D eigenvalue weighted by atomic mass is 9.92. The van der Waals surface area contributed by atoms with Crippen molar-refractivity contribution in [2.24, 2.45) is 0 Å². The summed E-state index contributed by atoms with van der Waals surface area (Å²) >= 11 is 0. The molecule has 0 aliphatic rings. The van der Waals surface area contributed by atoms with Crippen LogP contribution in [0.4, 0.5) is 0 Å². The van der Waals surface area contributed by atoms with Crippen LogP contribution in [0.25, 0.3) is 11.1 Å².